The van der Waals surface area contributed by atoms with Crippen LogP contribution in [0.2, 0.25) is 0 Å². The predicted molar refractivity (Wildman–Crippen MR) is 85.0 cm³/mol. The Bertz CT molecular complexity index is 635. The van der Waals surface area contributed by atoms with Crippen molar-refractivity contribution in [2.45, 2.75) is 57.2 Å². The summed E-state index contributed by atoms with van der Waals surface area (Å²) in [6.45, 7) is 4.46. The van der Waals surface area contributed by atoms with Crippen LogP contribution in [0, 0.1) is 6.92 Å². The lowest BCUT2D eigenvalue weighted by molar-refractivity contribution is -0.116. The molecule has 1 aliphatic carbocycles. The summed E-state index contributed by atoms with van der Waals surface area (Å²) in [4.78, 5) is 20.2. The van der Waals surface area contributed by atoms with Crippen molar-refractivity contribution in [2.75, 3.05) is 13.1 Å². The molecule has 23 heavy (non-hydrogen) atoms. The molecule has 2 fully saturated rings. The van der Waals surface area contributed by atoms with E-state index >= 15 is 0 Å². The quantitative estimate of drug-likeness (QED) is 0.922. The van der Waals surface area contributed by atoms with Gasteiger partial charge in [-0.3, -0.25) is 9.69 Å². The first-order valence-corrected chi connectivity index (χ1v) is 8.45. The van der Waals surface area contributed by atoms with Gasteiger partial charge in [0.2, 0.25) is 0 Å². The zero-order valence-electron chi connectivity index (χ0n) is 13.5. The van der Waals surface area contributed by atoms with Crippen LogP contribution in [0.5, 0.6) is 0 Å². The van der Waals surface area contributed by atoms with Crippen LogP contribution in [0.4, 0.5) is 0 Å². The van der Waals surface area contributed by atoms with Crippen LogP contribution in [0.3, 0.4) is 0 Å². The second-order valence-corrected chi connectivity index (χ2v) is 7.06. The molecule has 2 aliphatic heterocycles. The van der Waals surface area contributed by atoms with Gasteiger partial charge in [0.1, 0.15) is 17.2 Å². The molecule has 1 N–H and O–H groups in total. The number of aryl methyl sites for hydroxylation is 1. The summed E-state index contributed by atoms with van der Waals surface area (Å²) in [6.07, 6.45) is 4.89. The molecule has 0 bridgehead atoms. The highest BCUT2D eigenvalue weighted by Crippen LogP contribution is 2.34. The molecule has 1 saturated heterocycles. The van der Waals surface area contributed by atoms with Crippen LogP contribution in [-0.2, 0) is 16.2 Å². The summed E-state index contributed by atoms with van der Waals surface area (Å²) >= 11 is 0. The van der Waals surface area contributed by atoms with Crippen molar-refractivity contribution in [2.24, 2.45) is 5.16 Å². The molecule has 1 aromatic heterocycles. The number of hydrogen-bond acceptors (Lipinski definition) is 5. The summed E-state index contributed by atoms with van der Waals surface area (Å²) in [6, 6.07) is 4.34. The number of amides is 1. The number of oxime groups is 1. The van der Waals surface area contributed by atoms with Crippen molar-refractivity contribution in [3.8, 4) is 0 Å². The predicted octanol–water partition coefficient (Wildman–Crippen LogP) is 1.98. The Hall–Kier alpha value is -1.82. The van der Waals surface area contributed by atoms with Crippen LogP contribution in [0.25, 0.3) is 0 Å². The maximum atomic E-state index is 12.2. The van der Waals surface area contributed by atoms with Gasteiger partial charge in [0.05, 0.1) is 6.54 Å². The van der Waals surface area contributed by atoms with Crippen LogP contribution in [-0.4, -0.2) is 41.3 Å². The van der Waals surface area contributed by atoms with Crippen molar-refractivity contribution in [3.63, 3.8) is 0 Å². The molecule has 0 aromatic carbocycles. The van der Waals surface area contributed by atoms with Gasteiger partial charge in [-0.2, -0.15) is 0 Å². The van der Waals surface area contributed by atoms with E-state index in [0.29, 0.717) is 18.2 Å². The average Bonchev–Trinajstić information content (AvgIpc) is 3.18. The Balaban J connectivity index is 1.31. The summed E-state index contributed by atoms with van der Waals surface area (Å²) in [5.41, 5.74) is 0.223. The van der Waals surface area contributed by atoms with Crippen molar-refractivity contribution in [3.05, 3.63) is 23.7 Å². The Labute approximate surface area is 135 Å². The Kier molecular flexibility index (Phi) is 3.64. The van der Waals surface area contributed by atoms with Gasteiger partial charge in [-0.1, -0.05) is 5.16 Å². The fourth-order valence-corrected chi connectivity index (χ4v) is 3.54. The van der Waals surface area contributed by atoms with Gasteiger partial charge in [0.15, 0.2) is 5.60 Å². The van der Waals surface area contributed by atoms with Gasteiger partial charge in [0, 0.05) is 32.0 Å². The number of nitrogens with zero attached hydrogens (tertiary/aromatic N) is 2. The third-order valence-electron chi connectivity index (χ3n) is 5.11. The Morgan fingerprint density at radius 1 is 1.48 bits per heavy atom. The molecule has 1 saturated carbocycles. The summed E-state index contributed by atoms with van der Waals surface area (Å²) in [5.74, 6) is 1.86. The lowest BCUT2D eigenvalue weighted by Crippen LogP contribution is -2.43. The minimum atomic E-state index is -0.325. The van der Waals surface area contributed by atoms with Crippen LogP contribution < -0.4 is 5.32 Å². The molecule has 124 valence electrons. The molecule has 4 rings (SSSR count). The SMILES string of the molecule is Cc1ccc(CN2CC[C@]3(CC(C(=O)NC4CCC4)=NO3)C2)o1. The fourth-order valence-electron chi connectivity index (χ4n) is 3.54. The van der Waals surface area contributed by atoms with Crippen LogP contribution >= 0.6 is 0 Å². The first-order valence-electron chi connectivity index (χ1n) is 8.45. The topological polar surface area (TPSA) is 67.1 Å². The number of rotatable bonds is 4. The maximum Gasteiger partial charge on any atom is 0.269 e. The number of furan rings is 1. The molecule has 1 spiro atoms. The van der Waals surface area contributed by atoms with E-state index in [0.717, 1.165) is 50.4 Å². The van der Waals surface area contributed by atoms with E-state index in [2.05, 4.69) is 15.4 Å². The largest absolute Gasteiger partial charge is 0.465 e. The van der Waals surface area contributed by atoms with Gasteiger partial charge in [-0.25, -0.2) is 0 Å². The van der Waals surface area contributed by atoms with Gasteiger partial charge in [0.25, 0.3) is 5.91 Å². The third kappa shape index (κ3) is 3.00. The molecule has 6 heteroatoms. The average molecular weight is 317 g/mol. The minimum absolute atomic E-state index is 0.0494. The number of nitrogens with one attached hydrogen (secondary N) is 1. The molecule has 1 amide bonds. The van der Waals surface area contributed by atoms with Crippen molar-refractivity contribution < 1.29 is 14.0 Å². The molecule has 3 heterocycles. The molecule has 0 unspecified atom stereocenters. The highest BCUT2D eigenvalue weighted by Gasteiger charge is 2.46. The van der Waals surface area contributed by atoms with Crippen LogP contribution in [0.15, 0.2) is 21.7 Å². The lowest BCUT2D eigenvalue weighted by atomic mass is 9.92. The fraction of sp³-hybridized carbons (Fsp3) is 0.647. The maximum absolute atomic E-state index is 12.2. The van der Waals surface area contributed by atoms with E-state index < -0.39 is 0 Å². The van der Waals surface area contributed by atoms with Gasteiger partial charge in [-0.15, -0.1) is 0 Å². The highest BCUT2D eigenvalue weighted by molar-refractivity contribution is 6.39. The standard InChI is InChI=1S/C17H23N3O3/c1-12-5-6-14(22-12)10-20-8-7-17(11-20)9-15(19-23-17)16(21)18-13-3-2-4-13/h5-6,13H,2-4,7-11H2,1H3,(H,18,21)/t17-/m0/s1. The molecular weight excluding hydrogens is 294 g/mol. The van der Waals surface area contributed by atoms with E-state index in [1.807, 2.05) is 19.1 Å². The first-order chi connectivity index (χ1) is 11.1. The highest BCUT2D eigenvalue weighted by atomic mass is 16.7. The normalized spacial score (nSPS) is 27.8. The van der Waals surface area contributed by atoms with E-state index in [4.69, 9.17) is 9.25 Å². The van der Waals surface area contributed by atoms with E-state index in [-0.39, 0.29) is 11.5 Å². The third-order valence-corrected chi connectivity index (χ3v) is 5.11. The van der Waals surface area contributed by atoms with E-state index in [1.165, 1.54) is 6.42 Å². The smallest absolute Gasteiger partial charge is 0.269 e. The van der Waals surface area contributed by atoms with Crippen molar-refractivity contribution in [1.82, 2.24) is 10.2 Å². The molecule has 1 atom stereocenters. The lowest BCUT2D eigenvalue weighted by Gasteiger charge is -2.26. The summed E-state index contributed by atoms with van der Waals surface area (Å²) < 4.78 is 5.64. The molecule has 6 nitrogen and oxygen atoms in total. The Morgan fingerprint density at radius 3 is 3.04 bits per heavy atom. The van der Waals surface area contributed by atoms with Crippen molar-refractivity contribution in [1.29, 1.82) is 0 Å². The zero-order chi connectivity index (χ0) is 15.9. The number of carbonyl (C=O) groups is 1. The monoisotopic (exact) mass is 317 g/mol. The first kappa shape index (κ1) is 14.8. The van der Waals surface area contributed by atoms with Gasteiger partial charge in [-0.05, 0) is 38.3 Å². The second-order valence-electron chi connectivity index (χ2n) is 7.06. The van der Waals surface area contributed by atoms with Gasteiger partial charge < -0.3 is 14.6 Å². The van der Waals surface area contributed by atoms with Crippen LogP contribution in [0.1, 0.15) is 43.6 Å². The minimum Gasteiger partial charge on any atom is -0.465 e. The van der Waals surface area contributed by atoms with Gasteiger partial charge >= 0.3 is 0 Å². The molecule has 3 aliphatic rings. The summed E-state index contributed by atoms with van der Waals surface area (Å²) in [7, 11) is 0. The second kappa shape index (κ2) is 5.67. The zero-order valence-corrected chi connectivity index (χ0v) is 13.5. The van der Waals surface area contributed by atoms with E-state index in [1.54, 1.807) is 0 Å². The number of likely N-dealkylation sites (tertiary alicyclic amines) is 1. The number of hydrogen-bond donors (Lipinski definition) is 1. The molecule has 0 radical (unpaired) electrons. The van der Waals surface area contributed by atoms with E-state index in [9.17, 15) is 4.79 Å². The number of carbonyl (C=O) groups excluding carboxylic acids is 1. The Morgan fingerprint density at radius 2 is 2.35 bits per heavy atom. The summed E-state index contributed by atoms with van der Waals surface area (Å²) in [5, 5.41) is 7.12. The molecular formula is C17H23N3O3. The molecule has 1 aromatic rings. The van der Waals surface area contributed by atoms with Crippen molar-refractivity contribution >= 4 is 11.6 Å².